The highest BCUT2D eigenvalue weighted by molar-refractivity contribution is 14.1. The summed E-state index contributed by atoms with van der Waals surface area (Å²) in [4.78, 5) is 11.3. The standard InChI is InChI=1S/C8H4BrIN2O/c9-7-2-1-5(10)3-6(7)8(13)12-4-11/h1-3H,(H,12,13). The summed E-state index contributed by atoms with van der Waals surface area (Å²) in [6, 6.07) is 5.35. The first-order valence-corrected chi connectivity index (χ1v) is 5.17. The summed E-state index contributed by atoms with van der Waals surface area (Å²) in [5, 5.41) is 10.3. The number of nitrogens with one attached hydrogen (secondary N) is 1. The van der Waals surface area contributed by atoms with Gasteiger partial charge in [0.15, 0.2) is 6.19 Å². The number of carbonyl (C=O) groups is 1. The molecule has 0 aliphatic heterocycles. The van der Waals surface area contributed by atoms with Gasteiger partial charge in [0.2, 0.25) is 0 Å². The van der Waals surface area contributed by atoms with Crippen LogP contribution in [0.4, 0.5) is 0 Å². The van der Waals surface area contributed by atoms with Gasteiger partial charge in [-0.15, -0.1) is 0 Å². The van der Waals surface area contributed by atoms with E-state index >= 15 is 0 Å². The minimum Gasteiger partial charge on any atom is -0.268 e. The number of hydrogen-bond acceptors (Lipinski definition) is 2. The second-order valence-corrected chi connectivity index (χ2v) is 4.29. The van der Waals surface area contributed by atoms with Gasteiger partial charge < -0.3 is 0 Å². The SMILES string of the molecule is N#CNC(=O)c1cc(I)ccc1Br. The number of nitrogens with zero attached hydrogens (tertiary/aromatic N) is 1. The molecule has 1 N–H and O–H groups in total. The van der Waals surface area contributed by atoms with Crippen molar-refractivity contribution in [3.05, 3.63) is 31.8 Å². The molecule has 1 aromatic rings. The highest BCUT2D eigenvalue weighted by Crippen LogP contribution is 2.19. The molecule has 0 atom stereocenters. The Morgan fingerprint density at radius 1 is 1.62 bits per heavy atom. The van der Waals surface area contributed by atoms with Crippen molar-refractivity contribution in [3.63, 3.8) is 0 Å². The molecule has 0 heterocycles. The Labute approximate surface area is 97.4 Å². The Hall–Kier alpha value is -0.610. The van der Waals surface area contributed by atoms with Crippen molar-refractivity contribution in [3.8, 4) is 6.19 Å². The van der Waals surface area contributed by atoms with Crippen molar-refractivity contribution in [2.24, 2.45) is 0 Å². The van der Waals surface area contributed by atoms with Crippen molar-refractivity contribution in [2.45, 2.75) is 0 Å². The first-order chi connectivity index (χ1) is 6.15. The molecular formula is C8H4BrIN2O. The van der Waals surface area contributed by atoms with E-state index in [9.17, 15) is 4.79 Å². The average Bonchev–Trinajstić information content (AvgIpc) is 2.09. The van der Waals surface area contributed by atoms with Crippen molar-refractivity contribution >= 4 is 44.4 Å². The van der Waals surface area contributed by atoms with Crippen LogP contribution in [0.1, 0.15) is 10.4 Å². The van der Waals surface area contributed by atoms with Crippen LogP contribution in [0, 0.1) is 15.0 Å². The van der Waals surface area contributed by atoms with E-state index in [4.69, 9.17) is 5.26 Å². The summed E-state index contributed by atoms with van der Waals surface area (Å²) in [5.74, 6) is -0.395. The molecule has 66 valence electrons. The average molecular weight is 351 g/mol. The first-order valence-electron chi connectivity index (χ1n) is 3.29. The smallest absolute Gasteiger partial charge is 0.265 e. The van der Waals surface area contributed by atoms with Gasteiger partial charge in [0.25, 0.3) is 5.91 Å². The maximum atomic E-state index is 11.3. The van der Waals surface area contributed by atoms with Crippen LogP contribution in [0.15, 0.2) is 22.7 Å². The van der Waals surface area contributed by atoms with Gasteiger partial charge in [-0.05, 0) is 56.7 Å². The molecule has 0 aromatic heterocycles. The van der Waals surface area contributed by atoms with Gasteiger partial charge >= 0.3 is 0 Å². The number of rotatable bonds is 1. The van der Waals surface area contributed by atoms with Crippen LogP contribution in [0.2, 0.25) is 0 Å². The second-order valence-electron chi connectivity index (χ2n) is 2.19. The summed E-state index contributed by atoms with van der Waals surface area (Å²) in [6.07, 6.45) is 1.59. The normalized spacial score (nSPS) is 9.00. The molecule has 0 radical (unpaired) electrons. The molecule has 5 heteroatoms. The largest absolute Gasteiger partial charge is 0.268 e. The lowest BCUT2D eigenvalue weighted by Crippen LogP contribution is -2.17. The molecule has 0 aliphatic rings. The van der Waals surface area contributed by atoms with Crippen LogP contribution in [-0.2, 0) is 0 Å². The minimum absolute atomic E-state index is 0.395. The maximum absolute atomic E-state index is 11.3. The van der Waals surface area contributed by atoms with E-state index < -0.39 is 5.91 Å². The van der Waals surface area contributed by atoms with Crippen molar-refractivity contribution < 1.29 is 4.79 Å². The van der Waals surface area contributed by atoms with Crippen LogP contribution < -0.4 is 5.32 Å². The van der Waals surface area contributed by atoms with Gasteiger partial charge in [0.05, 0.1) is 5.56 Å². The molecule has 1 amide bonds. The fraction of sp³-hybridized carbons (Fsp3) is 0. The molecule has 3 nitrogen and oxygen atoms in total. The summed E-state index contributed by atoms with van der Waals surface area (Å²) in [5.41, 5.74) is 0.466. The van der Waals surface area contributed by atoms with Crippen LogP contribution in [-0.4, -0.2) is 5.91 Å². The molecule has 0 fully saturated rings. The second kappa shape index (κ2) is 4.58. The Balaban J connectivity index is 3.07. The van der Waals surface area contributed by atoms with Crippen LogP contribution >= 0.6 is 38.5 Å². The van der Waals surface area contributed by atoms with Gasteiger partial charge in [-0.2, -0.15) is 5.26 Å². The van der Waals surface area contributed by atoms with Crippen LogP contribution in [0.3, 0.4) is 0 Å². The monoisotopic (exact) mass is 350 g/mol. The third-order valence-electron chi connectivity index (χ3n) is 1.34. The molecular weight excluding hydrogens is 347 g/mol. The van der Waals surface area contributed by atoms with E-state index in [-0.39, 0.29) is 0 Å². The number of benzene rings is 1. The quantitative estimate of drug-likeness (QED) is 0.480. The number of carbonyl (C=O) groups excluding carboxylic acids is 1. The molecule has 1 rings (SSSR count). The molecule has 1 aromatic carbocycles. The van der Waals surface area contributed by atoms with Gasteiger partial charge in [-0.25, -0.2) is 0 Å². The van der Waals surface area contributed by atoms with E-state index in [0.717, 1.165) is 3.57 Å². The molecule has 0 bridgehead atoms. The molecule has 0 unspecified atom stereocenters. The lowest BCUT2D eigenvalue weighted by molar-refractivity contribution is 0.0972. The molecule has 0 saturated carbocycles. The topological polar surface area (TPSA) is 52.9 Å². The summed E-state index contributed by atoms with van der Waals surface area (Å²) >= 11 is 5.33. The molecule has 0 saturated heterocycles. The van der Waals surface area contributed by atoms with E-state index in [0.29, 0.717) is 10.0 Å². The van der Waals surface area contributed by atoms with E-state index in [2.05, 4.69) is 43.8 Å². The molecule has 0 aliphatic carbocycles. The maximum Gasteiger partial charge on any atom is 0.265 e. The highest BCUT2D eigenvalue weighted by Gasteiger charge is 2.09. The van der Waals surface area contributed by atoms with Crippen molar-refractivity contribution in [1.82, 2.24) is 5.32 Å². The third kappa shape index (κ3) is 2.67. The lowest BCUT2D eigenvalue weighted by atomic mass is 10.2. The Kier molecular flexibility index (Phi) is 3.69. The van der Waals surface area contributed by atoms with Gasteiger partial charge in [-0.3, -0.25) is 10.1 Å². The van der Waals surface area contributed by atoms with Crippen LogP contribution in [0.25, 0.3) is 0 Å². The fourth-order valence-electron chi connectivity index (χ4n) is 0.790. The van der Waals surface area contributed by atoms with Gasteiger partial charge in [0.1, 0.15) is 0 Å². The summed E-state index contributed by atoms with van der Waals surface area (Å²) in [7, 11) is 0. The van der Waals surface area contributed by atoms with E-state index in [1.165, 1.54) is 0 Å². The Bertz CT molecular complexity index is 386. The number of hydrogen-bond donors (Lipinski definition) is 1. The Morgan fingerprint density at radius 3 is 2.92 bits per heavy atom. The third-order valence-corrected chi connectivity index (χ3v) is 2.70. The summed E-state index contributed by atoms with van der Waals surface area (Å²) in [6.45, 7) is 0. The predicted octanol–water partition coefficient (Wildman–Crippen LogP) is 2.26. The number of nitriles is 1. The zero-order chi connectivity index (χ0) is 9.84. The first kappa shape index (κ1) is 10.5. The van der Waals surface area contributed by atoms with Crippen molar-refractivity contribution in [2.75, 3.05) is 0 Å². The van der Waals surface area contributed by atoms with Crippen molar-refractivity contribution in [1.29, 1.82) is 5.26 Å². The van der Waals surface area contributed by atoms with Gasteiger partial charge in [0, 0.05) is 8.04 Å². The zero-order valence-corrected chi connectivity index (χ0v) is 10.1. The molecule has 0 spiro atoms. The van der Waals surface area contributed by atoms with E-state index in [1.807, 2.05) is 6.07 Å². The minimum atomic E-state index is -0.395. The molecule has 13 heavy (non-hydrogen) atoms. The summed E-state index contributed by atoms with van der Waals surface area (Å²) < 4.78 is 1.63. The van der Waals surface area contributed by atoms with Gasteiger partial charge in [-0.1, -0.05) is 0 Å². The Morgan fingerprint density at radius 2 is 2.31 bits per heavy atom. The van der Waals surface area contributed by atoms with Crippen LogP contribution in [0.5, 0.6) is 0 Å². The fourth-order valence-corrected chi connectivity index (χ4v) is 1.71. The lowest BCUT2D eigenvalue weighted by Gasteiger charge is -2.01. The van der Waals surface area contributed by atoms with E-state index in [1.54, 1.807) is 18.3 Å². The highest BCUT2D eigenvalue weighted by atomic mass is 127. The predicted molar refractivity (Wildman–Crippen MR) is 59.9 cm³/mol. The number of halogens is 2. The number of amides is 1. The zero-order valence-electron chi connectivity index (χ0n) is 6.34.